The lowest BCUT2D eigenvalue weighted by molar-refractivity contribution is -0.138. The molecule has 0 amide bonds. The zero-order valence-electron chi connectivity index (χ0n) is 30.6. The first-order valence-corrected chi connectivity index (χ1v) is 19.0. The van der Waals surface area contributed by atoms with E-state index >= 15 is 0 Å². The molecular weight excluding hydrogens is 742 g/mol. The van der Waals surface area contributed by atoms with Crippen LogP contribution in [0.15, 0.2) is 73.3 Å². The third-order valence-electron chi connectivity index (χ3n) is 10.6. The van der Waals surface area contributed by atoms with E-state index in [1.807, 2.05) is 12.1 Å². The number of nitrogens with one attached hydrogen (secondary N) is 2. The zero-order chi connectivity index (χ0) is 39.1. The van der Waals surface area contributed by atoms with E-state index in [0.717, 1.165) is 113 Å². The SMILES string of the molecule is FC(F)(F)c1ccc(NC2CC(Oc3ncccc3C3CCOCC3)C2)nc1.FC(F)(F)c1ccc(NC2CC(Oc3ncccc3C3CCOCC3)C2)nc1. The van der Waals surface area contributed by atoms with Crippen molar-refractivity contribution < 1.29 is 45.3 Å². The van der Waals surface area contributed by atoms with Crippen molar-refractivity contribution in [3.05, 3.63) is 95.6 Å². The van der Waals surface area contributed by atoms with Crippen molar-refractivity contribution in [2.24, 2.45) is 0 Å². The smallest absolute Gasteiger partial charge is 0.417 e. The molecule has 16 heteroatoms. The second-order valence-corrected chi connectivity index (χ2v) is 14.5. The van der Waals surface area contributed by atoms with Crippen LogP contribution in [0, 0.1) is 0 Å². The number of pyridine rings is 4. The topological polar surface area (TPSA) is 113 Å². The van der Waals surface area contributed by atoms with Gasteiger partial charge < -0.3 is 29.6 Å². The molecule has 56 heavy (non-hydrogen) atoms. The summed E-state index contributed by atoms with van der Waals surface area (Å²) in [7, 11) is 0. The highest BCUT2D eigenvalue weighted by Gasteiger charge is 2.36. The van der Waals surface area contributed by atoms with Crippen LogP contribution in [0.25, 0.3) is 0 Å². The molecule has 4 fully saturated rings. The lowest BCUT2D eigenvalue weighted by Crippen LogP contribution is -2.43. The minimum Gasteiger partial charge on any atom is -0.474 e. The molecule has 2 N–H and O–H groups in total. The Hall–Kier alpha value is -4.70. The van der Waals surface area contributed by atoms with Crippen LogP contribution in [0.2, 0.25) is 0 Å². The molecular formula is C40H44F6N6O4. The van der Waals surface area contributed by atoms with Crippen LogP contribution >= 0.6 is 0 Å². The van der Waals surface area contributed by atoms with Gasteiger partial charge in [0.2, 0.25) is 11.8 Å². The van der Waals surface area contributed by atoms with Gasteiger partial charge in [-0.3, -0.25) is 0 Å². The fraction of sp³-hybridized carbons (Fsp3) is 0.500. The standard InChI is InChI=1S/2C20H22F3N3O2/c2*21-20(22,23)14-3-4-18(25-12-14)26-15-10-16(11-15)28-19-17(2-1-7-24-19)13-5-8-27-9-6-13/h2*1-4,7,12-13,15-16H,5-6,8-11H2,(H,25,26). The Bertz CT molecular complexity index is 1710. The summed E-state index contributed by atoms with van der Waals surface area (Å²) in [4.78, 5) is 16.5. The van der Waals surface area contributed by atoms with Crippen LogP contribution in [0.3, 0.4) is 0 Å². The van der Waals surface area contributed by atoms with Crippen LogP contribution in [-0.2, 0) is 21.8 Å². The van der Waals surface area contributed by atoms with E-state index in [9.17, 15) is 26.3 Å². The van der Waals surface area contributed by atoms with E-state index in [1.54, 1.807) is 12.4 Å². The maximum Gasteiger partial charge on any atom is 0.417 e. The normalized spacial score (nSPS) is 23.1. The van der Waals surface area contributed by atoms with Gasteiger partial charge in [-0.2, -0.15) is 26.3 Å². The first-order valence-electron chi connectivity index (χ1n) is 19.0. The number of aromatic nitrogens is 4. The Kier molecular flexibility index (Phi) is 12.4. The number of rotatable bonds is 10. The molecule has 0 bridgehead atoms. The van der Waals surface area contributed by atoms with E-state index in [-0.39, 0.29) is 24.3 Å². The fourth-order valence-corrected chi connectivity index (χ4v) is 7.23. The molecule has 6 heterocycles. The number of ether oxygens (including phenoxy) is 4. The van der Waals surface area contributed by atoms with Crippen molar-refractivity contribution >= 4 is 11.6 Å². The average Bonchev–Trinajstić information content (AvgIpc) is 3.17. The predicted molar refractivity (Wildman–Crippen MR) is 195 cm³/mol. The summed E-state index contributed by atoms with van der Waals surface area (Å²) in [6.07, 6.45) is 3.42. The molecule has 0 spiro atoms. The molecule has 2 saturated heterocycles. The molecule has 4 aromatic heterocycles. The van der Waals surface area contributed by atoms with Crippen molar-refractivity contribution in [1.82, 2.24) is 19.9 Å². The van der Waals surface area contributed by atoms with Gasteiger partial charge in [-0.1, -0.05) is 12.1 Å². The minimum atomic E-state index is -4.37. The molecule has 10 nitrogen and oxygen atoms in total. The summed E-state index contributed by atoms with van der Waals surface area (Å²) in [5.74, 6) is 3.07. The maximum atomic E-state index is 12.6. The molecule has 4 aliphatic rings. The zero-order valence-corrected chi connectivity index (χ0v) is 30.6. The highest BCUT2D eigenvalue weighted by Crippen LogP contribution is 2.37. The summed E-state index contributed by atoms with van der Waals surface area (Å²) < 4.78 is 98.6. The van der Waals surface area contributed by atoms with Gasteiger partial charge in [-0.05, 0) is 73.9 Å². The van der Waals surface area contributed by atoms with Gasteiger partial charge >= 0.3 is 12.4 Å². The monoisotopic (exact) mass is 786 g/mol. The molecule has 0 radical (unpaired) electrons. The Balaban J connectivity index is 0.000000172. The Morgan fingerprint density at radius 3 is 1.27 bits per heavy atom. The summed E-state index contributed by atoms with van der Waals surface area (Å²) in [5.41, 5.74) is 0.769. The van der Waals surface area contributed by atoms with E-state index in [4.69, 9.17) is 18.9 Å². The van der Waals surface area contributed by atoms with Crippen LogP contribution in [0.1, 0.15) is 85.5 Å². The van der Waals surface area contributed by atoms with E-state index in [0.29, 0.717) is 35.2 Å². The van der Waals surface area contributed by atoms with Gasteiger partial charge in [-0.25, -0.2) is 19.9 Å². The third kappa shape index (κ3) is 10.4. The lowest BCUT2D eigenvalue weighted by Gasteiger charge is -2.36. The van der Waals surface area contributed by atoms with Gasteiger partial charge in [0.25, 0.3) is 0 Å². The second kappa shape index (κ2) is 17.6. The van der Waals surface area contributed by atoms with Crippen LogP contribution in [0.4, 0.5) is 38.0 Å². The lowest BCUT2D eigenvalue weighted by atomic mass is 9.88. The van der Waals surface area contributed by atoms with Gasteiger partial charge in [-0.15, -0.1) is 0 Å². The number of hydrogen-bond donors (Lipinski definition) is 2. The summed E-state index contributed by atoms with van der Waals surface area (Å²) in [6.45, 7) is 3.03. The molecule has 0 unspecified atom stereocenters. The number of anilines is 2. The number of alkyl halides is 6. The van der Waals surface area contributed by atoms with Crippen molar-refractivity contribution in [3.8, 4) is 11.8 Å². The van der Waals surface area contributed by atoms with Crippen molar-refractivity contribution in [3.63, 3.8) is 0 Å². The van der Waals surface area contributed by atoms with Crippen molar-refractivity contribution in [2.45, 2.75) is 99.8 Å². The Labute approximate surface area is 320 Å². The number of halogens is 6. The van der Waals surface area contributed by atoms with Gasteiger partial charge in [0.05, 0.1) is 11.1 Å². The van der Waals surface area contributed by atoms with Gasteiger partial charge in [0.1, 0.15) is 23.8 Å². The van der Waals surface area contributed by atoms with Crippen LogP contribution in [-0.4, -0.2) is 70.7 Å². The maximum absolute atomic E-state index is 12.6. The van der Waals surface area contributed by atoms with Gasteiger partial charge in [0, 0.05) is 100 Å². The molecule has 2 aliphatic carbocycles. The van der Waals surface area contributed by atoms with E-state index in [1.165, 1.54) is 12.1 Å². The first-order chi connectivity index (χ1) is 27.0. The molecule has 4 aromatic rings. The highest BCUT2D eigenvalue weighted by molar-refractivity contribution is 5.40. The largest absolute Gasteiger partial charge is 0.474 e. The third-order valence-corrected chi connectivity index (χ3v) is 10.6. The molecule has 2 aliphatic heterocycles. The Morgan fingerprint density at radius 2 is 0.929 bits per heavy atom. The second-order valence-electron chi connectivity index (χ2n) is 14.5. The average molecular weight is 787 g/mol. The molecule has 2 saturated carbocycles. The van der Waals surface area contributed by atoms with Gasteiger partial charge in [0.15, 0.2) is 0 Å². The number of nitrogens with zero attached hydrogens (tertiary/aromatic N) is 4. The molecule has 0 atom stereocenters. The molecule has 300 valence electrons. The predicted octanol–water partition coefficient (Wildman–Crippen LogP) is 8.82. The van der Waals surface area contributed by atoms with Crippen LogP contribution in [0.5, 0.6) is 11.8 Å². The Morgan fingerprint density at radius 1 is 0.536 bits per heavy atom. The van der Waals surface area contributed by atoms with E-state index < -0.39 is 23.5 Å². The summed E-state index contributed by atoms with van der Waals surface area (Å²) >= 11 is 0. The number of hydrogen-bond acceptors (Lipinski definition) is 10. The highest BCUT2D eigenvalue weighted by atomic mass is 19.4. The minimum absolute atomic E-state index is 0.0421. The van der Waals surface area contributed by atoms with Crippen molar-refractivity contribution in [2.75, 3.05) is 37.1 Å². The molecule has 8 rings (SSSR count). The first kappa shape index (κ1) is 39.5. The summed E-state index contributed by atoms with van der Waals surface area (Å²) in [6, 6.07) is 13.0. The van der Waals surface area contributed by atoms with Crippen molar-refractivity contribution in [1.29, 1.82) is 0 Å². The molecule has 0 aromatic carbocycles. The quantitative estimate of drug-likeness (QED) is 0.151. The fourth-order valence-electron chi connectivity index (χ4n) is 7.23. The summed E-state index contributed by atoms with van der Waals surface area (Å²) in [5, 5.41) is 6.31. The van der Waals surface area contributed by atoms with E-state index in [2.05, 4.69) is 42.7 Å². The van der Waals surface area contributed by atoms with Crippen LogP contribution < -0.4 is 20.1 Å².